The van der Waals surface area contributed by atoms with Gasteiger partial charge in [0.05, 0.1) is 17.8 Å². The summed E-state index contributed by atoms with van der Waals surface area (Å²) in [5, 5.41) is 17.4. The smallest absolute Gasteiger partial charge is 0.309 e. The SMILES string of the molecule is CCc1ccc(-n2nnc(CC(=O)O)c2-c2ccccc2)cc1. The zero-order valence-corrected chi connectivity index (χ0v) is 12.8. The van der Waals surface area contributed by atoms with Gasteiger partial charge in [0.2, 0.25) is 0 Å². The van der Waals surface area contributed by atoms with Gasteiger partial charge in [-0.05, 0) is 24.1 Å². The highest BCUT2D eigenvalue weighted by molar-refractivity contribution is 5.74. The molecule has 2 aromatic carbocycles. The number of rotatable bonds is 5. The van der Waals surface area contributed by atoms with E-state index < -0.39 is 5.97 Å². The first kappa shape index (κ1) is 15.0. The molecule has 0 aliphatic carbocycles. The van der Waals surface area contributed by atoms with Gasteiger partial charge in [0, 0.05) is 5.56 Å². The summed E-state index contributed by atoms with van der Waals surface area (Å²) in [4.78, 5) is 11.1. The van der Waals surface area contributed by atoms with Gasteiger partial charge in [-0.25, -0.2) is 4.68 Å². The van der Waals surface area contributed by atoms with E-state index in [0.717, 1.165) is 23.4 Å². The summed E-state index contributed by atoms with van der Waals surface area (Å²) in [5.74, 6) is -0.921. The van der Waals surface area contributed by atoms with Gasteiger partial charge in [0.15, 0.2) is 0 Å². The van der Waals surface area contributed by atoms with Crippen molar-refractivity contribution in [1.29, 1.82) is 0 Å². The van der Waals surface area contributed by atoms with Crippen molar-refractivity contribution in [3.63, 3.8) is 0 Å². The molecular formula is C18H17N3O2. The van der Waals surface area contributed by atoms with E-state index in [4.69, 9.17) is 5.11 Å². The van der Waals surface area contributed by atoms with Crippen molar-refractivity contribution in [2.75, 3.05) is 0 Å². The van der Waals surface area contributed by atoms with Crippen molar-refractivity contribution < 1.29 is 9.90 Å². The minimum absolute atomic E-state index is 0.155. The molecule has 116 valence electrons. The zero-order chi connectivity index (χ0) is 16.2. The lowest BCUT2D eigenvalue weighted by atomic mass is 10.1. The number of hydrogen-bond acceptors (Lipinski definition) is 3. The van der Waals surface area contributed by atoms with Gasteiger partial charge in [-0.2, -0.15) is 0 Å². The van der Waals surface area contributed by atoms with Gasteiger partial charge in [-0.15, -0.1) is 5.10 Å². The minimum Gasteiger partial charge on any atom is -0.481 e. The standard InChI is InChI=1S/C18H17N3O2/c1-2-13-8-10-15(11-9-13)21-18(14-6-4-3-5-7-14)16(19-20-21)12-17(22)23/h3-11H,2,12H2,1H3,(H,22,23). The fourth-order valence-electron chi connectivity index (χ4n) is 2.51. The molecule has 0 spiro atoms. The molecule has 3 aromatic rings. The number of aromatic nitrogens is 3. The minimum atomic E-state index is -0.921. The monoisotopic (exact) mass is 307 g/mol. The lowest BCUT2D eigenvalue weighted by molar-refractivity contribution is -0.136. The molecule has 0 fully saturated rings. The molecule has 0 aliphatic heterocycles. The molecule has 3 rings (SSSR count). The number of carbonyl (C=O) groups is 1. The van der Waals surface area contributed by atoms with E-state index in [1.807, 2.05) is 54.6 Å². The van der Waals surface area contributed by atoms with Crippen molar-refractivity contribution in [2.45, 2.75) is 19.8 Å². The summed E-state index contributed by atoms with van der Waals surface area (Å²) in [6.07, 6.45) is 0.810. The van der Waals surface area contributed by atoms with Gasteiger partial charge in [0.1, 0.15) is 5.69 Å². The lowest BCUT2D eigenvalue weighted by Crippen LogP contribution is -2.04. The van der Waals surface area contributed by atoms with Crippen LogP contribution in [0, 0.1) is 0 Å². The van der Waals surface area contributed by atoms with E-state index in [-0.39, 0.29) is 6.42 Å². The fourth-order valence-corrected chi connectivity index (χ4v) is 2.51. The van der Waals surface area contributed by atoms with E-state index in [1.54, 1.807) is 4.68 Å². The average molecular weight is 307 g/mol. The van der Waals surface area contributed by atoms with E-state index in [2.05, 4.69) is 17.2 Å². The van der Waals surface area contributed by atoms with Crippen LogP contribution >= 0.6 is 0 Å². The zero-order valence-electron chi connectivity index (χ0n) is 12.8. The summed E-state index contributed by atoms with van der Waals surface area (Å²) in [7, 11) is 0. The predicted octanol–water partition coefficient (Wildman–Crippen LogP) is 3.12. The number of nitrogens with zero attached hydrogens (tertiary/aromatic N) is 3. The van der Waals surface area contributed by atoms with Crippen molar-refractivity contribution >= 4 is 5.97 Å². The molecule has 5 heteroatoms. The first-order valence-corrected chi connectivity index (χ1v) is 7.50. The van der Waals surface area contributed by atoms with Crippen LogP contribution in [0.1, 0.15) is 18.2 Å². The largest absolute Gasteiger partial charge is 0.481 e. The number of carboxylic acids is 1. The van der Waals surface area contributed by atoms with E-state index in [9.17, 15) is 4.79 Å². The Bertz CT molecular complexity index is 808. The Morgan fingerprint density at radius 3 is 2.39 bits per heavy atom. The van der Waals surface area contributed by atoms with E-state index in [0.29, 0.717) is 5.69 Å². The summed E-state index contributed by atoms with van der Waals surface area (Å²) < 4.78 is 1.70. The topological polar surface area (TPSA) is 68.0 Å². The molecular weight excluding hydrogens is 290 g/mol. The maximum Gasteiger partial charge on any atom is 0.309 e. The summed E-state index contributed by atoms with van der Waals surface area (Å²) in [6.45, 7) is 2.10. The molecule has 0 saturated heterocycles. The maximum absolute atomic E-state index is 11.1. The number of aliphatic carboxylic acids is 1. The van der Waals surface area contributed by atoms with Crippen molar-refractivity contribution in [3.8, 4) is 16.9 Å². The van der Waals surface area contributed by atoms with Crippen LogP contribution in [0.5, 0.6) is 0 Å². The highest BCUT2D eigenvalue weighted by Gasteiger charge is 2.18. The summed E-state index contributed by atoms with van der Waals surface area (Å²) in [6, 6.07) is 17.7. The highest BCUT2D eigenvalue weighted by Crippen LogP contribution is 2.25. The van der Waals surface area contributed by atoms with Crippen LogP contribution in [-0.4, -0.2) is 26.1 Å². The second kappa shape index (κ2) is 6.44. The number of aryl methyl sites for hydroxylation is 1. The number of benzene rings is 2. The summed E-state index contributed by atoms with van der Waals surface area (Å²) in [5.41, 5.74) is 4.18. The molecule has 0 amide bonds. The Kier molecular flexibility index (Phi) is 4.19. The van der Waals surface area contributed by atoms with Crippen molar-refractivity contribution in [2.24, 2.45) is 0 Å². The Hall–Kier alpha value is -2.95. The first-order valence-electron chi connectivity index (χ1n) is 7.50. The normalized spacial score (nSPS) is 10.7. The van der Waals surface area contributed by atoms with Crippen molar-refractivity contribution in [1.82, 2.24) is 15.0 Å². The fraction of sp³-hybridized carbons (Fsp3) is 0.167. The first-order chi connectivity index (χ1) is 11.2. The van der Waals surface area contributed by atoms with Crippen LogP contribution in [0.15, 0.2) is 54.6 Å². The van der Waals surface area contributed by atoms with E-state index >= 15 is 0 Å². The molecule has 1 aromatic heterocycles. The van der Waals surface area contributed by atoms with Crippen LogP contribution < -0.4 is 0 Å². The second-order valence-corrected chi connectivity index (χ2v) is 5.25. The van der Waals surface area contributed by atoms with E-state index in [1.165, 1.54) is 5.56 Å². The second-order valence-electron chi connectivity index (χ2n) is 5.25. The Morgan fingerprint density at radius 1 is 1.09 bits per heavy atom. The van der Waals surface area contributed by atoms with Gasteiger partial charge >= 0.3 is 5.97 Å². The Balaban J connectivity index is 2.12. The quantitative estimate of drug-likeness (QED) is 0.786. The van der Waals surface area contributed by atoms with Gasteiger partial charge in [0.25, 0.3) is 0 Å². The van der Waals surface area contributed by atoms with Gasteiger partial charge in [-0.3, -0.25) is 4.79 Å². The third-order valence-corrected chi connectivity index (χ3v) is 3.70. The lowest BCUT2D eigenvalue weighted by Gasteiger charge is -2.08. The molecule has 1 N–H and O–H groups in total. The molecule has 5 nitrogen and oxygen atoms in total. The van der Waals surface area contributed by atoms with Gasteiger partial charge < -0.3 is 5.11 Å². The molecule has 1 heterocycles. The maximum atomic E-state index is 11.1. The Morgan fingerprint density at radius 2 is 1.78 bits per heavy atom. The van der Waals surface area contributed by atoms with Crippen LogP contribution in [-0.2, 0) is 17.6 Å². The van der Waals surface area contributed by atoms with Crippen molar-refractivity contribution in [3.05, 3.63) is 65.9 Å². The van der Waals surface area contributed by atoms with Crippen LogP contribution in [0.2, 0.25) is 0 Å². The molecule has 0 unspecified atom stereocenters. The summed E-state index contributed by atoms with van der Waals surface area (Å²) >= 11 is 0. The molecule has 23 heavy (non-hydrogen) atoms. The van der Waals surface area contributed by atoms with Crippen LogP contribution in [0.4, 0.5) is 0 Å². The molecule has 0 bridgehead atoms. The molecule has 0 radical (unpaired) electrons. The number of carboxylic acid groups (broad SMARTS) is 1. The van der Waals surface area contributed by atoms with Crippen LogP contribution in [0.25, 0.3) is 16.9 Å². The number of hydrogen-bond donors (Lipinski definition) is 1. The average Bonchev–Trinajstić information content (AvgIpc) is 2.98. The molecule has 0 atom stereocenters. The highest BCUT2D eigenvalue weighted by atomic mass is 16.4. The predicted molar refractivity (Wildman–Crippen MR) is 87.5 cm³/mol. The third-order valence-electron chi connectivity index (χ3n) is 3.70. The third kappa shape index (κ3) is 3.13. The van der Waals surface area contributed by atoms with Crippen LogP contribution in [0.3, 0.4) is 0 Å². The van der Waals surface area contributed by atoms with Gasteiger partial charge in [-0.1, -0.05) is 54.6 Å². The molecule has 0 saturated carbocycles. The Labute approximate surface area is 134 Å². The molecule has 0 aliphatic rings.